The van der Waals surface area contributed by atoms with E-state index in [-0.39, 0.29) is 30.7 Å². The van der Waals surface area contributed by atoms with Crippen LogP contribution in [0.25, 0.3) is 10.9 Å². The number of hydrogen-bond donors (Lipinski definition) is 3. The molecule has 1 aliphatic heterocycles. The number of H-pyrrole nitrogens is 1. The first-order chi connectivity index (χ1) is 23.3. The van der Waals surface area contributed by atoms with Crippen molar-refractivity contribution in [3.63, 3.8) is 0 Å². The van der Waals surface area contributed by atoms with Gasteiger partial charge in [0.25, 0.3) is 0 Å². The average Bonchev–Trinajstić information content (AvgIpc) is 3.48. The SMILES string of the molecule is CC(C)(C)OC(=O)NC(C)(C)C(=O)N[C@H](Cc1c[nH]c2ccccc12)C(=O)c1ccccc1N1CCC(C(=O)OCc2ccccc2)CC1. The van der Waals surface area contributed by atoms with Gasteiger partial charge >= 0.3 is 12.1 Å². The first-order valence-electron chi connectivity index (χ1n) is 16.8. The number of rotatable bonds is 11. The van der Waals surface area contributed by atoms with Crippen LogP contribution in [0.5, 0.6) is 0 Å². The summed E-state index contributed by atoms with van der Waals surface area (Å²) in [5.41, 5.74) is 1.83. The Morgan fingerprint density at radius 3 is 2.24 bits per heavy atom. The number of nitrogens with one attached hydrogen (secondary N) is 3. The lowest BCUT2D eigenvalue weighted by atomic mass is 9.92. The molecule has 2 heterocycles. The molecule has 0 aliphatic carbocycles. The molecule has 3 aromatic carbocycles. The summed E-state index contributed by atoms with van der Waals surface area (Å²) in [6.45, 7) is 9.76. The number of alkyl carbamates (subject to hydrolysis) is 1. The molecule has 0 saturated carbocycles. The highest BCUT2D eigenvalue weighted by atomic mass is 16.6. The van der Waals surface area contributed by atoms with Gasteiger partial charge in [-0.05, 0) is 76.8 Å². The number of piperidine rings is 1. The fourth-order valence-corrected chi connectivity index (χ4v) is 6.03. The summed E-state index contributed by atoms with van der Waals surface area (Å²) in [6.07, 6.45) is 2.53. The van der Waals surface area contributed by atoms with Crippen molar-refractivity contribution in [2.75, 3.05) is 18.0 Å². The van der Waals surface area contributed by atoms with Crippen LogP contribution >= 0.6 is 0 Å². The van der Waals surface area contributed by atoms with E-state index in [4.69, 9.17) is 9.47 Å². The van der Waals surface area contributed by atoms with Crippen molar-refractivity contribution >= 4 is 40.3 Å². The molecule has 10 nitrogen and oxygen atoms in total. The van der Waals surface area contributed by atoms with Gasteiger partial charge in [-0.15, -0.1) is 0 Å². The number of aromatic amines is 1. The van der Waals surface area contributed by atoms with Gasteiger partial charge in [-0.3, -0.25) is 14.4 Å². The Balaban J connectivity index is 1.33. The number of nitrogens with zero attached hydrogens (tertiary/aromatic N) is 1. The van der Waals surface area contributed by atoms with Gasteiger partial charge in [0, 0.05) is 47.9 Å². The number of anilines is 1. The monoisotopic (exact) mass is 666 g/mol. The fourth-order valence-electron chi connectivity index (χ4n) is 6.03. The number of fused-ring (bicyclic) bond motifs is 1. The molecule has 49 heavy (non-hydrogen) atoms. The molecule has 1 aliphatic rings. The third kappa shape index (κ3) is 9.07. The van der Waals surface area contributed by atoms with Gasteiger partial charge in [-0.2, -0.15) is 0 Å². The molecule has 0 spiro atoms. The van der Waals surface area contributed by atoms with Crippen molar-refractivity contribution in [1.82, 2.24) is 15.6 Å². The Hall–Kier alpha value is -5.12. The zero-order valence-electron chi connectivity index (χ0n) is 28.9. The largest absolute Gasteiger partial charge is 0.461 e. The van der Waals surface area contributed by atoms with Crippen LogP contribution in [-0.4, -0.2) is 59.0 Å². The first kappa shape index (κ1) is 35.2. The molecule has 258 valence electrons. The third-order valence-corrected chi connectivity index (χ3v) is 8.66. The zero-order valence-corrected chi connectivity index (χ0v) is 28.9. The van der Waals surface area contributed by atoms with E-state index in [1.165, 1.54) is 0 Å². The second kappa shape index (κ2) is 15.0. The van der Waals surface area contributed by atoms with E-state index in [1.54, 1.807) is 40.7 Å². The Bertz CT molecular complexity index is 1780. The standard InChI is InChI=1S/C39H46N4O6/c1-38(2,3)49-37(47)42-39(4,5)36(46)41-32(23-28-24-40-31-17-11-9-15-29(28)31)34(44)30-16-10-12-18-33(30)43-21-19-27(20-22-43)35(45)48-25-26-13-7-6-8-14-26/h6-18,24,27,32,40H,19-23,25H2,1-5H3,(H,41,46)(H,42,47)/t32-/m1/s1. The second-order valence-corrected chi connectivity index (χ2v) is 14.1. The number of para-hydroxylation sites is 2. The lowest BCUT2D eigenvalue weighted by Crippen LogP contribution is -2.58. The van der Waals surface area contributed by atoms with Gasteiger partial charge in [0.05, 0.1) is 12.0 Å². The molecule has 0 bridgehead atoms. The van der Waals surface area contributed by atoms with E-state index < -0.39 is 29.2 Å². The van der Waals surface area contributed by atoms with E-state index in [2.05, 4.69) is 20.5 Å². The minimum absolute atomic E-state index is 0.211. The number of Topliss-reactive ketones (excluding diaryl/α,β-unsaturated/α-hetero) is 1. The summed E-state index contributed by atoms with van der Waals surface area (Å²) in [7, 11) is 0. The Morgan fingerprint density at radius 1 is 0.878 bits per heavy atom. The van der Waals surface area contributed by atoms with Crippen LogP contribution in [-0.2, 0) is 32.1 Å². The van der Waals surface area contributed by atoms with Crippen molar-refractivity contribution in [1.29, 1.82) is 0 Å². The predicted molar refractivity (Wildman–Crippen MR) is 189 cm³/mol. The van der Waals surface area contributed by atoms with E-state index in [1.807, 2.05) is 79.0 Å². The van der Waals surface area contributed by atoms with Crippen LogP contribution in [0.1, 0.15) is 68.9 Å². The molecule has 1 fully saturated rings. The number of ketones is 1. The number of aromatic nitrogens is 1. The van der Waals surface area contributed by atoms with Crippen LogP contribution in [0.4, 0.5) is 10.5 Å². The zero-order chi connectivity index (χ0) is 35.2. The maximum Gasteiger partial charge on any atom is 0.408 e. The highest BCUT2D eigenvalue weighted by molar-refractivity contribution is 6.07. The number of benzene rings is 3. The maximum absolute atomic E-state index is 14.5. The van der Waals surface area contributed by atoms with Gasteiger partial charge in [-0.25, -0.2) is 4.79 Å². The number of ether oxygens (including phenoxy) is 2. The smallest absolute Gasteiger partial charge is 0.408 e. The fraction of sp³-hybridized carbons (Fsp3) is 0.385. The number of carbonyl (C=O) groups is 4. The average molecular weight is 667 g/mol. The van der Waals surface area contributed by atoms with E-state index in [0.717, 1.165) is 27.7 Å². The van der Waals surface area contributed by atoms with Gasteiger partial charge in [-0.1, -0.05) is 60.7 Å². The van der Waals surface area contributed by atoms with Crippen LogP contribution in [0, 0.1) is 5.92 Å². The maximum atomic E-state index is 14.5. The first-order valence-corrected chi connectivity index (χ1v) is 16.8. The quantitative estimate of drug-likeness (QED) is 0.126. The van der Waals surface area contributed by atoms with Crippen molar-refractivity contribution in [3.05, 3.63) is 102 Å². The summed E-state index contributed by atoms with van der Waals surface area (Å²) < 4.78 is 11.0. The summed E-state index contributed by atoms with van der Waals surface area (Å²) in [5, 5.41) is 6.55. The van der Waals surface area contributed by atoms with E-state index in [9.17, 15) is 19.2 Å². The molecule has 0 radical (unpaired) electrons. The Morgan fingerprint density at radius 2 is 1.53 bits per heavy atom. The third-order valence-electron chi connectivity index (χ3n) is 8.66. The predicted octanol–water partition coefficient (Wildman–Crippen LogP) is 6.34. The molecule has 0 unspecified atom stereocenters. The molecule has 5 rings (SSSR count). The minimum atomic E-state index is -1.38. The minimum Gasteiger partial charge on any atom is -0.461 e. The highest BCUT2D eigenvalue weighted by Gasteiger charge is 2.36. The Labute approximate surface area is 287 Å². The topological polar surface area (TPSA) is 130 Å². The van der Waals surface area contributed by atoms with E-state index in [0.29, 0.717) is 31.5 Å². The van der Waals surface area contributed by atoms with Gasteiger partial charge in [0.2, 0.25) is 5.91 Å². The van der Waals surface area contributed by atoms with Crippen LogP contribution in [0.3, 0.4) is 0 Å². The van der Waals surface area contributed by atoms with Gasteiger partial charge < -0.3 is 30.0 Å². The number of hydrogen-bond acceptors (Lipinski definition) is 7. The normalized spacial score (nSPS) is 14.6. The molecule has 3 N–H and O–H groups in total. The lowest BCUT2D eigenvalue weighted by molar-refractivity contribution is -0.150. The number of esters is 1. The summed E-state index contributed by atoms with van der Waals surface area (Å²) in [5.74, 6) is -1.22. The van der Waals surface area contributed by atoms with Crippen LogP contribution < -0.4 is 15.5 Å². The summed E-state index contributed by atoms with van der Waals surface area (Å²) in [4.78, 5) is 59.1. The molecule has 4 aromatic rings. The molecule has 2 amide bonds. The number of carbonyl (C=O) groups excluding carboxylic acids is 4. The summed E-state index contributed by atoms with van der Waals surface area (Å²) >= 11 is 0. The molecule has 10 heteroatoms. The molecular weight excluding hydrogens is 620 g/mol. The molecule has 1 aromatic heterocycles. The van der Waals surface area contributed by atoms with Gasteiger partial charge in [0.1, 0.15) is 17.7 Å². The number of amides is 2. The molecule has 1 saturated heterocycles. The van der Waals surface area contributed by atoms with Crippen molar-refractivity contribution in [3.8, 4) is 0 Å². The lowest BCUT2D eigenvalue weighted by Gasteiger charge is -2.34. The van der Waals surface area contributed by atoms with Crippen molar-refractivity contribution in [2.24, 2.45) is 5.92 Å². The second-order valence-electron chi connectivity index (χ2n) is 14.1. The van der Waals surface area contributed by atoms with E-state index >= 15 is 0 Å². The Kier molecular flexibility index (Phi) is 10.8. The molecular formula is C39H46N4O6. The highest BCUT2D eigenvalue weighted by Crippen LogP contribution is 2.29. The summed E-state index contributed by atoms with van der Waals surface area (Å²) in [6, 6.07) is 23.8. The van der Waals surface area contributed by atoms with Crippen LogP contribution in [0.15, 0.2) is 85.1 Å². The van der Waals surface area contributed by atoms with Crippen molar-refractivity contribution in [2.45, 2.75) is 77.7 Å². The van der Waals surface area contributed by atoms with Crippen molar-refractivity contribution < 1.29 is 28.7 Å². The van der Waals surface area contributed by atoms with Crippen LogP contribution in [0.2, 0.25) is 0 Å². The molecule has 1 atom stereocenters. The van der Waals surface area contributed by atoms with Gasteiger partial charge in [0.15, 0.2) is 5.78 Å².